The van der Waals surface area contributed by atoms with E-state index in [0.717, 1.165) is 28.1 Å². The predicted octanol–water partition coefficient (Wildman–Crippen LogP) is 2.53. The molecule has 2 aromatic carbocycles. The van der Waals surface area contributed by atoms with E-state index in [0.29, 0.717) is 0 Å². The number of nitrogens with zero attached hydrogens (tertiary/aromatic N) is 2. The second-order valence-electron chi connectivity index (χ2n) is 4.21. The third-order valence-corrected chi connectivity index (χ3v) is 3.08. The smallest absolute Gasteiger partial charge is 0.140 e. The zero-order valence-electron chi connectivity index (χ0n) is 10.1. The summed E-state index contributed by atoms with van der Waals surface area (Å²) in [6.07, 6.45) is 0. The molecule has 0 atom stereocenters. The minimum Gasteiger partial charge on any atom is -0.327 e. The summed E-state index contributed by atoms with van der Waals surface area (Å²) < 4.78 is 2.07. The fourth-order valence-electron chi connectivity index (χ4n) is 2.13. The summed E-state index contributed by atoms with van der Waals surface area (Å²) in [5, 5.41) is 0. The van der Waals surface area contributed by atoms with Crippen LogP contribution in [0.4, 0.5) is 5.69 Å². The van der Waals surface area contributed by atoms with E-state index in [2.05, 4.69) is 27.1 Å². The van der Waals surface area contributed by atoms with Crippen LogP contribution in [-0.2, 0) is 7.05 Å². The molecule has 0 aliphatic heterocycles. The average Bonchev–Trinajstić information content (AvgIpc) is 2.77. The number of rotatable bonds is 2. The van der Waals surface area contributed by atoms with Crippen LogP contribution < -0.4 is 11.3 Å². The van der Waals surface area contributed by atoms with E-state index >= 15 is 0 Å². The van der Waals surface area contributed by atoms with E-state index < -0.39 is 0 Å². The van der Waals surface area contributed by atoms with E-state index in [4.69, 9.17) is 5.84 Å². The second-order valence-corrected chi connectivity index (χ2v) is 4.21. The molecule has 3 N–H and O–H groups in total. The number of nitrogens with two attached hydrogens (primary N) is 1. The molecule has 0 fully saturated rings. The number of nitrogen functional groups attached to an aromatic ring is 1. The van der Waals surface area contributed by atoms with Crippen molar-refractivity contribution in [1.82, 2.24) is 9.55 Å². The van der Waals surface area contributed by atoms with E-state index in [1.807, 2.05) is 43.4 Å². The SMILES string of the molecule is Cn1c(-c2ccccc2)nc2ccc(NN)cc21. The van der Waals surface area contributed by atoms with Crippen molar-refractivity contribution >= 4 is 16.7 Å². The lowest BCUT2D eigenvalue weighted by Gasteiger charge is -2.03. The van der Waals surface area contributed by atoms with E-state index in [1.165, 1.54) is 0 Å². The molecular weight excluding hydrogens is 224 g/mol. The van der Waals surface area contributed by atoms with Crippen molar-refractivity contribution in [2.45, 2.75) is 0 Å². The first-order chi connectivity index (χ1) is 8.79. The van der Waals surface area contributed by atoms with Gasteiger partial charge in [-0.2, -0.15) is 0 Å². The van der Waals surface area contributed by atoms with Gasteiger partial charge in [0.15, 0.2) is 0 Å². The van der Waals surface area contributed by atoms with Crippen LogP contribution in [0.15, 0.2) is 48.5 Å². The molecule has 0 radical (unpaired) electrons. The number of benzene rings is 2. The number of aryl methyl sites for hydroxylation is 1. The average molecular weight is 238 g/mol. The molecule has 0 unspecified atom stereocenters. The van der Waals surface area contributed by atoms with Crippen molar-refractivity contribution in [3.05, 3.63) is 48.5 Å². The van der Waals surface area contributed by atoms with Crippen molar-refractivity contribution in [2.24, 2.45) is 12.9 Å². The standard InChI is InChI=1S/C14H14N4/c1-18-13-9-11(17-15)7-8-12(13)16-14(18)10-5-3-2-4-6-10/h2-9,17H,15H2,1H3. The van der Waals surface area contributed by atoms with Gasteiger partial charge >= 0.3 is 0 Å². The Kier molecular flexibility index (Phi) is 2.50. The molecule has 0 aliphatic rings. The van der Waals surface area contributed by atoms with Crippen LogP contribution >= 0.6 is 0 Å². The monoisotopic (exact) mass is 238 g/mol. The van der Waals surface area contributed by atoms with Crippen LogP contribution in [0.5, 0.6) is 0 Å². The van der Waals surface area contributed by atoms with Crippen LogP contribution in [0.3, 0.4) is 0 Å². The molecule has 0 saturated heterocycles. The van der Waals surface area contributed by atoms with Crippen molar-refractivity contribution in [2.75, 3.05) is 5.43 Å². The van der Waals surface area contributed by atoms with Gasteiger partial charge in [-0.3, -0.25) is 5.84 Å². The summed E-state index contributed by atoms with van der Waals surface area (Å²) in [6, 6.07) is 16.0. The van der Waals surface area contributed by atoms with Crippen LogP contribution in [0, 0.1) is 0 Å². The number of hydrogen-bond acceptors (Lipinski definition) is 3. The van der Waals surface area contributed by atoms with E-state index in [-0.39, 0.29) is 0 Å². The highest BCUT2D eigenvalue weighted by Gasteiger charge is 2.09. The lowest BCUT2D eigenvalue weighted by Crippen LogP contribution is -2.06. The fourth-order valence-corrected chi connectivity index (χ4v) is 2.13. The summed E-state index contributed by atoms with van der Waals surface area (Å²) in [5.41, 5.74) is 6.67. The molecule has 4 nitrogen and oxygen atoms in total. The number of aromatic nitrogens is 2. The Morgan fingerprint density at radius 2 is 1.89 bits per heavy atom. The van der Waals surface area contributed by atoms with Gasteiger partial charge in [-0.1, -0.05) is 30.3 Å². The summed E-state index contributed by atoms with van der Waals surface area (Å²) in [4.78, 5) is 4.65. The maximum Gasteiger partial charge on any atom is 0.140 e. The summed E-state index contributed by atoms with van der Waals surface area (Å²) in [6.45, 7) is 0. The lowest BCUT2D eigenvalue weighted by molar-refractivity contribution is 0.959. The molecule has 4 heteroatoms. The van der Waals surface area contributed by atoms with Gasteiger partial charge in [-0.25, -0.2) is 4.98 Å². The van der Waals surface area contributed by atoms with Crippen LogP contribution in [0.25, 0.3) is 22.4 Å². The highest BCUT2D eigenvalue weighted by atomic mass is 15.2. The van der Waals surface area contributed by atoms with Crippen LogP contribution in [-0.4, -0.2) is 9.55 Å². The second kappa shape index (κ2) is 4.16. The maximum atomic E-state index is 5.43. The Morgan fingerprint density at radius 3 is 2.61 bits per heavy atom. The van der Waals surface area contributed by atoms with Crippen molar-refractivity contribution in [3.63, 3.8) is 0 Å². The number of fused-ring (bicyclic) bond motifs is 1. The molecule has 0 spiro atoms. The van der Waals surface area contributed by atoms with Crippen molar-refractivity contribution in [1.29, 1.82) is 0 Å². The Bertz CT molecular complexity index is 686. The molecule has 18 heavy (non-hydrogen) atoms. The molecule has 1 heterocycles. The van der Waals surface area contributed by atoms with Gasteiger partial charge in [-0.05, 0) is 18.2 Å². The molecule has 1 aromatic heterocycles. The summed E-state index contributed by atoms with van der Waals surface area (Å²) >= 11 is 0. The van der Waals surface area contributed by atoms with Gasteiger partial charge in [0, 0.05) is 12.6 Å². The molecule has 0 saturated carbocycles. The molecule has 3 rings (SSSR count). The van der Waals surface area contributed by atoms with Gasteiger partial charge in [0.2, 0.25) is 0 Å². The third kappa shape index (κ3) is 1.63. The number of hydrazine groups is 1. The number of nitrogens with one attached hydrogen (secondary N) is 1. The van der Waals surface area contributed by atoms with Gasteiger partial charge < -0.3 is 9.99 Å². The zero-order valence-corrected chi connectivity index (χ0v) is 10.1. The molecule has 0 amide bonds. The predicted molar refractivity (Wildman–Crippen MR) is 74.0 cm³/mol. The largest absolute Gasteiger partial charge is 0.327 e. The minimum atomic E-state index is 0.880. The number of hydrogen-bond donors (Lipinski definition) is 2. The number of imidazole rings is 1. The number of anilines is 1. The quantitative estimate of drug-likeness (QED) is 0.533. The molecular formula is C14H14N4. The first-order valence-electron chi connectivity index (χ1n) is 5.78. The first-order valence-corrected chi connectivity index (χ1v) is 5.78. The van der Waals surface area contributed by atoms with E-state index in [1.54, 1.807) is 0 Å². The highest BCUT2D eigenvalue weighted by molar-refractivity contribution is 5.83. The van der Waals surface area contributed by atoms with Crippen LogP contribution in [0.2, 0.25) is 0 Å². The molecule has 0 aliphatic carbocycles. The fraction of sp³-hybridized carbons (Fsp3) is 0.0714. The van der Waals surface area contributed by atoms with Crippen molar-refractivity contribution in [3.8, 4) is 11.4 Å². The Balaban J connectivity index is 2.23. The maximum absolute atomic E-state index is 5.43. The van der Waals surface area contributed by atoms with E-state index in [9.17, 15) is 0 Å². The summed E-state index contributed by atoms with van der Waals surface area (Å²) in [7, 11) is 2.01. The Hall–Kier alpha value is -2.33. The third-order valence-electron chi connectivity index (χ3n) is 3.08. The molecule has 0 bridgehead atoms. The zero-order chi connectivity index (χ0) is 12.5. The van der Waals surface area contributed by atoms with Crippen LogP contribution in [0.1, 0.15) is 0 Å². The first kappa shape index (κ1) is 10.8. The van der Waals surface area contributed by atoms with Gasteiger partial charge in [0.25, 0.3) is 0 Å². The van der Waals surface area contributed by atoms with Gasteiger partial charge in [-0.15, -0.1) is 0 Å². The molecule has 3 aromatic rings. The van der Waals surface area contributed by atoms with Gasteiger partial charge in [0.1, 0.15) is 5.82 Å². The normalized spacial score (nSPS) is 10.8. The lowest BCUT2D eigenvalue weighted by atomic mass is 10.2. The topological polar surface area (TPSA) is 55.9 Å². The van der Waals surface area contributed by atoms with Gasteiger partial charge in [0.05, 0.1) is 16.7 Å². The van der Waals surface area contributed by atoms with Crippen molar-refractivity contribution < 1.29 is 0 Å². The Labute approximate surface area is 105 Å². The summed E-state index contributed by atoms with van der Waals surface area (Å²) in [5.74, 6) is 6.39. The minimum absolute atomic E-state index is 0.880. The molecule has 90 valence electrons. The highest BCUT2D eigenvalue weighted by Crippen LogP contribution is 2.25. The Morgan fingerprint density at radius 1 is 1.11 bits per heavy atom.